The van der Waals surface area contributed by atoms with Crippen LogP contribution in [0.3, 0.4) is 0 Å². The second-order valence-electron chi connectivity index (χ2n) is 5.74. The number of carbonyl (C=O) groups excluding carboxylic acids is 1. The van der Waals surface area contributed by atoms with Crippen molar-refractivity contribution in [2.75, 3.05) is 13.2 Å². The average molecular weight is 240 g/mol. The van der Waals surface area contributed by atoms with E-state index in [1.807, 2.05) is 0 Å². The molecule has 0 bridgehead atoms. The number of hydrogen-bond acceptors (Lipinski definition) is 3. The van der Waals surface area contributed by atoms with Gasteiger partial charge in [-0.25, -0.2) is 0 Å². The summed E-state index contributed by atoms with van der Waals surface area (Å²) in [7, 11) is 0. The second kappa shape index (κ2) is 5.36. The van der Waals surface area contributed by atoms with Crippen molar-refractivity contribution < 1.29 is 9.53 Å². The minimum Gasteiger partial charge on any atom is -0.373 e. The molecule has 1 amide bonds. The molecule has 1 saturated carbocycles. The van der Waals surface area contributed by atoms with E-state index in [9.17, 15) is 4.79 Å². The first kappa shape index (κ1) is 12.8. The van der Waals surface area contributed by atoms with E-state index in [0.29, 0.717) is 18.9 Å². The maximum Gasteiger partial charge on any atom is 0.220 e. The fourth-order valence-corrected chi connectivity index (χ4v) is 2.89. The minimum absolute atomic E-state index is 0.129. The Morgan fingerprint density at radius 1 is 1.47 bits per heavy atom. The maximum absolute atomic E-state index is 11.8. The Balaban J connectivity index is 1.70. The van der Waals surface area contributed by atoms with Crippen molar-refractivity contribution >= 4 is 5.91 Å². The number of rotatable bonds is 4. The first-order valence-corrected chi connectivity index (χ1v) is 6.75. The quantitative estimate of drug-likeness (QED) is 0.776. The molecule has 1 aliphatic heterocycles. The molecule has 98 valence electrons. The lowest BCUT2D eigenvalue weighted by molar-refractivity contribution is -0.123. The van der Waals surface area contributed by atoms with E-state index < -0.39 is 0 Å². The van der Waals surface area contributed by atoms with E-state index in [0.717, 1.165) is 32.3 Å². The molecule has 1 unspecified atom stereocenters. The predicted molar refractivity (Wildman–Crippen MR) is 66.5 cm³/mol. The summed E-state index contributed by atoms with van der Waals surface area (Å²) >= 11 is 0. The molecule has 0 aromatic carbocycles. The molecule has 4 nitrogen and oxygen atoms in total. The number of nitrogens with two attached hydrogens (primary N) is 1. The van der Waals surface area contributed by atoms with Crippen molar-refractivity contribution in [3.63, 3.8) is 0 Å². The van der Waals surface area contributed by atoms with Gasteiger partial charge in [0, 0.05) is 25.6 Å². The third-order valence-corrected chi connectivity index (χ3v) is 4.13. The van der Waals surface area contributed by atoms with Crippen LogP contribution in [-0.2, 0) is 9.53 Å². The Morgan fingerprint density at radius 3 is 2.88 bits per heavy atom. The zero-order valence-electron chi connectivity index (χ0n) is 10.7. The molecular weight excluding hydrogens is 216 g/mol. The molecule has 2 rings (SSSR count). The first-order chi connectivity index (χ1) is 8.09. The van der Waals surface area contributed by atoms with Crippen LogP contribution in [0.15, 0.2) is 0 Å². The molecule has 1 aliphatic carbocycles. The van der Waals surface area contributed by atoms with E-state index in [1.54, 1.807) is 0 Å². The lowest BCUT2D eigenvalue weighted by atomic mass is 9.99. The van der Waals surface area contributed by atoms with Gasteiger partial charge in [-0.15, -0.1) is 0 Å². The topological polar surface area (TPSA) is 64.4 Å². The van der Waals surface area contributed by atoms with Gasteiger partial charge < -0.3 is 15.8 Å². The van der Waals surface area contributed by atoms with Crippen LogP contribution in [0.25, 0.3) is 0 Å². The monoisotopic (exact) mass is 240 g/mol. The molecule has 0 aromatic rings. The Bertz CT molecular complexity index is 275. The van der Waals surface area contributed by atoms with Crippen molar-refractivity contribution in [2.45, 2.75) is 57.1 Å². The van der Waals surface area contributed by atoms with Gasteiger partial charge in [0.2, 0.25) is 5.91 Å². The van der Waals surface area contributed by atoms with Gasteiger partial charge in [0.15, 0.2) is 0 Å². The van der Waals surface area contributed by atoms with E-state index in [1.165, 1.54) is 6.42 Å². The Hall–Kier alpha value is -0.610. The van der Waals surface area contributed by atoms with Crippen molar-refractivity contribution in [1.29, 1.82) is 0 Å². The van der Waals surface area contributed by atoms with Crippen LogP contribution in [0.1, 0.15) is 45.4 Å². The highest BCUT2D eigenvalue weighted by Crippen LogP contribution is 2.27. The molecule has 2 aliphatic rings. The van der Waals surface area contributed by atoms with E-state index in [2.05, 4.69) is 12.2 Å². The summed E-state index contributed by atoms with van der Waals surface area (Å²) in [5.74, 6) is 0.511. The van der Waals surface area contributed by atoms with Gasteiger partial charge in [-0.1, -0.05) is 6.42 Å². The number of ether oxygens (including phenoxy) is 1. The van der Waals surface area contributed by atoms with Crippen LogP contribution < -0.4 is 11.1 Å². The summed E-state index contributed by atoms with van der Waals surface area (Å²) < 4.78 is 5.64. The Labute approximate surface area is 103 Å². The number of nitrogens with one attached hydrogen (secondary N) is 1. The maximum atomic E-state index is 11.8. The fourth-order valence-electron chi connectivity index (χ4n) is 2.89. The molecule has 0 spiro atoms. The number of hydrogen-bond donors (Lipinski definition) is 2. The van der Waals surface area contributed by atoms with Gasteiger partial charge >= 0.3 is 0 Å². The minimum atomic E-state index is -0.145. The molecule has 4 heteroatoms. The van der Waals surface area contributed by atoms with Crippen molar-refractivity contribution in [1.82, 2.24) is 5.32 Å². The molecule has 2 fully saturated rings. The molecular formula is C13H24N2O2. The van der Waals surface area contributed by atoms with Crippen LogP contribution in [0.4, 0.5) is 0 Å². The van der Waals surface area contributed by atoms with E-state index >= 15 is 0 Å². The Kier molecular flexibility index (Phi) is 4.05. The summed E-state index contributed by atoms with van der Waals surface area (Å²) in [5.41, 5.74) is 5.82. The third kappa shape index (κ3) is 3.42. The zero-order chi connectivity index (χ0) is 12.3. The molecule has 0 aromatic heterocycles. The molecule has 1 heterocycles. The highest BCUT2D eigenvalue weighted by molar-refractivity contribution is 5.76. The number of carbonyl (C=O) groups is 1. The molecule has 3 atom stereocenters. The van der Waals surface area contributed by atoms with Crippen molar-refractivity contribution in [2.24, 2.45) is 11.7 Å². The van der Waals surface area contributed by atoms with E-state index in [4.69, 9.17) is 10.5 Å². The summed E-state index contributed by atoms with van der Waals surface area (Å²) in [6.45, 7) is 3.52. The standard InChI is InChI=1S/C13H24N2O2/c1-13(6-3-7-17-13)9-15-12(16)8-10-4-2-5-11(10)14/h10-11H,2-9,14H2,1H3,(H,15,16)/t10-,11+,13?/m0/s1. The first-order valence-electron chi connectivity index (χ1n) is 6.75. The van der Waals surface area contributed by atoms with Gasteiger partial charge in [0.05, 0.1) is 5.60 Å². The van der Waals surface area contributed by atoms with Crippen LogP contribution in [-0.4, -0.2) is 30.7 Å². The van der Waals surface area contributed by atoms with Crippen molar-refractivity contribution in [3.05, 3.63) is 0 Å². The van der Waals surface area contributed by atoms with Crippen LogP contribution in [0.2, 0.25) is 0 Å². The number of amides is 1. The summed E-state index contributed by atoms with van der Waals surface area (Å²) in [5, 5.41) is 2.99. The molecule has 1 saturated heterocycles. The highest BCUT2D eigenvalue weighted by atomic mass is 16.5. The normalized spacial score (nSPS) is 37.3. The largest absolute Gasteiger partial charge is 0.373 e. The van der Waals surface area contributed by atoms with Crippen LogP contribution in [0.5, 0.6) is 0 Å². The second-order valence-corrected chi connectivity index (χ2v) is 5.74. The summed E-state index contributed by atoms with van der Waals surface area (Å²) in [6, 6.07) is 0.221. The molecule has 3 N–H and O–H groups in total. The van der Waals surface area contributed by atoms with Gasteiger partial charge in [0.1, 0.15) is 0 Å². The lowest BCUT2D eigenvalue weighted by Crippen LogP contribution is -2.41. The van der Waals surface area contributed by atoms with Crippen molar-refractivity contribution in [3.8, 4) is 0 Å². The lowest BCUT2D eigenvalue weighted by Gasteiger charge is -2.24. The molecule has 0 radical (unpaired) electrons. The SMILES string of the molecule is CC1(CNC(=O)C[C@@H]2CCC[C@H]2N)CCCO1. The van der Waals surface area contributed by atoms with Crippen LogP contribution >= 0.6 is 0 Å². The van der Waals surface area contributed by atoms with E-state index in [-0.39, 0.29) is 17.6 Å². The third-order valence-electron chi connectivity index (χ3n) is 4.13. The fraction of sp³-hybridized carbons (Fsp3) is 0.923. The van der Waals surface area contributed by atoms with Gasteiger partial charge in [-0.05, 0) is 38.5 Å². The van der Waals surface area contributed by atoms with Gasteiger partial charge in [0.25, 0.3) is 0 Å². The van der Waals surface area contributed by atoms with Crippen LogP contribution in [0, 0.1) is 5.92 Å². The summed E-state index contributed by atoms with van der Waals surface area (Å²) in [6.07, 6.45) is 6.05. The van der Waals surface area contributed by atoms with Gasteiger partial charge in [-0.2, -0.15) is 0 Å². The summed E-state index contributed by atoms with van der Waals surface area (Å²) in [4.78, 5) is 11.8. The average Bonchev–Trinajstić information content (AvgIpc) is 2.87. The predicted octanol–water partition coefficient (Wildman–Crippen LogP) is 1.19. The smallest absolute Gasteiger partial charge is 0.220 e. The van der Waals surface area contributed by atoms with Gasteiger partial charge in [-0.3, -0.25) is 4.79 Å². The molecule has 17 heavy (non-hydrogen) atoms. The zero-order valence-corrected chi connectivity index (χ0v) is 10.7. The highest BCUT2D eigenvalue weighted by Gasteiger charge is 2.31. The Morgan fingerprint density at radius 2 is 2.29 bits per heavy atom.